The Labute approximate surface area is 251 Å². The van der Waals surface area contributed by atoms with Crippen molar-refractivity contribution in [3.63, 3.8) is 0 Å². The number of benzene rings is 5. The summed E-state index contributed by atoms with van der Waals surface area (Å²) in [5.41, 5.74) is 1.14. The quantitative estimate of drug-likeness (QED) is 0.164. The van der Waals surface area contributed by atoms with Gasteiger partial charge in [0, 0.05) is 5.56 Å². The zero-order valence-corrected chi connectivity index (χ0v) is 25.7. The smallest absolute Gasteiger partial charge is 0.122 e. The van der Waals surface area contributed by atoms with Crippen LogP contribution in [-0.2, 0) is 4.74 Å². The predicted octanol–water partition coefficient (Wildman–Crippen LogP) is 7.84. The minimum Gasteiger partial charge on any atom is -0.500 e. The van der Waals surface area contributed by atoms with Crippen molar-refractivity contribution in [2.75, 3.05) is 14.2 Å². The van der Waals surface area contributed by atoms with Gasteiger partial charge in [-0.05, 0) is 49.2 Å². The van der Waals surface area contributed by atoms with Crippen molar-refractivity contribution in [3.8, 4) is 5.75 Å². The van der Waals surface area contributed by atoms with Crippen molar-refractivity contribution in [2.24, 2.45) is 0 Å². The lowest BCUT2D eigenvalue weighted by Crippen LogP contribution is -2.44. The number of methoxy groups -OCH3 is 2. The van der Waals surface area contributed by atoms with Gasteiger partial charge in [0.15, 0.2) is 0 Å². The van der Waals surface area contributed by atoms with Gasteiger partial charge in [0.05, 0.1) is 25.0 Å². The van der Waals surface area contributed by atoms with Crippen molar-refractivity contribution >= 4 is 37.1 Å². The number of hydrogen-bond acceptors (Lipinski definition) is 2. The fourth-order valence-corrected chi connectivity index (χ4v) is 13.9. The van der Waals surface area contributed by atoms with E-state index >= 15 is 0 Å². The van der Waals surface area contributed by atoms with Gasteiger partial charge >= 0.3 is 0 Å². The Hall–Kier alpha value is -3.96. The van der Waals surface area contributed by atoms with Gasteiger partial charge in [-0.3, -0.25) is 0 Å². The molecule has 2 nitrogen and oxygen atoms in total. The SMILES string of the molecule is COC1=CC=CC(P(c2ccccc2)c2ccccc2)(P(c2ccccc2)c2ccccc2)[C@@H]1c1ccccc1OC. The van der Waals surface area contributed by atoms with Crippen LogP contribution in [0.3, 0.4) is 0 Å². The summed E-state index contributed by atoms with van der Waals surface area (Å²) in [5, 5.41) is 5.33. The van der Waals surface area contributed by atoms with Crippen LogP contribution in [0.15, 0.2) is 170 Å². The van der Waals surface area contributed by atoms with Crippen molar-refractivity contribution in [1.82, 2.24) is 0 Å². The summed E-state index contributed by atoms with van der Waals surface area (Å²) in [4.78, 5) is -0.412. The second-order valence-corrected chi connectivity index (χ2v) is 15.3. The normalized spacial score (nSPS) is 15.8. The number of hydrogen-bond donors (Lipinski definition) is 0. The first-order valence-electron chi connectivity index (χ1n) is 14.1. The average molecular weight is 585 g/mol. The van der Waals surface area contributed by atoms with Gasteiger partial charge in [0.1, 0.15) is 11.5 Å². The monoisotopic (exact) mass is 584 g/mol. The summed E-state index contributed by atoms with van der Waals surface area (Å²) < 4.78 is 12.4. The van der Waals surface area contributed by atoms with Crippen LogP contribution in [0.25, 0.3) is 0 Å². The number of rotatable bonds is 9. The van der Waals surface area contributed by atoms with E-state index in [4.69, 9.17) is 9.47 Å². The van der Waals surface area contributed by atoms with Crippen LogP contribution in [0.5, 0.6) is 5.75 Å². The minimum absolute atomic E-state index is 0.110. The summed E-state index contributed by atoms with van der Waals surface area (Å²) in [5.74, 6) is 1.71. The van der Waals surface area contributed by atoms with Gasteiger partial charge in [0.2, 0.25) is 0 Å². The molecule has 1 aliphatic rings. The molecule has 0 saturated heterocycles. The Morgan fingerprint density at radius 1 is 0.500 bits per heavy atom. The van der Waals surface area contributed by atoms with E-state index in [1.807, 2.05) is 6.07 Å². The van der Waals surface area contributed by atoms with Crippen LogP contribution in [0, 0.1) is 0 Å². The van der Waals surface area contributed by atoms with Gasteiger partial charge in [-0.15, -0.1) is 0 Å². The summed E-state index contributed by atoms with van der Waals surface area (Å²) in [6, 6.07) is 52.8. The summed E-state index contributed by atoms with van der Waals surface area (Å²) >= 11 is 0. The summed E-state index contributed by atoms with van der Waals surface area (Å²) in [6.45, 7) is 0. The molecule has 0 heterocycles. The molecule has 0 spiro atoms. The molecule has 5 aromatic carbocycles. The van der Waals surface area contributed by atoms with E-state index in [0.29, 0.717) is 0 Å². The van der Waals surface area contributed by atoms with Crippen LogP contribution >= 0.6 is 15.8 Å². The van der Waals surface area contributed by atoms with Crippen LogP contribution in [-0.4, -0.2) is 19.1 Å². The molecule has 5 aromatic rings. The molecular weight excluding hydrogens is 550 g/mol. The maximum Gasteiger partial charge on any atom is 0.122 e. The Kier molecular flexibility index (Phi) is 8.66. The van der Waals surface area contributed by atoms with E-state index in [2.05, 4.69) is 158 Å². The van der Waals surface area contributed by atoms with Gasteiger partial charge in [-0.2, -0.15) is 0 Å². The topological polar surface area (TPSA) is 18.5 Å². The first kappa shape index (κ1) is 28.2. The van der Waals surface area contributed by atoms with Gasteiger partial charge in [0.25, 0.3) is 0 Å². The molecule has 0 radical (unpaired) electrons. The molecule has 4 heteroatoms. The molecule has 42 heavy (non-hydrogen) atoms. The molecule has 1 aliphatic carbocycles. The Bertz CT molecular complexity index is 1490. The van der Waals surface area contributed by atoms with Crippen LogP contribution in [0.4, 0.5) is 0 Å². The molecule has 6 rings (SSSR count). The largest absolute Gasteiger partial charge is 0.500 e. The molecular formula is C38H34O2P2. The molecule has 0 aliphatic heterocycles. The lowest BCUT2D eigenvalue weighted by atomic mass is 9.88. The van der Waals surface area contributed by atoms with E-state index in [1.165, 1.54) is 21.2 Å². The predicted molar refractivity (Wildman–Crippen MR) is 181 cm³/mol. The van der Waals surface area contributed by atoms with Crippen LogP contribution in [0.2, 0.25) is 0 Å². The summed E-state index contributed by atoms with van der Waals surface area (Å²) in [7, 11) is 1.60. The van der Waals surface area contributed by atoms with Crippen molar-refractivity contribution in [2.45, 2.75) is 10.8 Å². The zero-order chi connectivity index (χ0) is 28.8. The molecule has 0 fully saturated rings. The molecule has 0 unspecified atom stereocenters. The molecule has 1 atom stereocenters. The van der Waals surface area contributed by atoms with E-state index in [1.54, 1.807) is 14.2 Å². The highest BCUT2D eigenvalue weighted by Crippen LogP contribution is 2.73. The third-order valence-corrected chi connectivity index (χ3v) is 14.5. The number of para-hydroxylation sites is 1. The zero-order valence-electron chi connectivity index (χ0n) is 23.9. The molecule has 0 N–H and O–H groups in total. The fourth-order valence-electron chi connectivity index (χ4n) is 6.10. The Morgan fingerprint density at radius 3 is 1.31 bits per heavy atom. The fraction of sp³-hybridized carbons (Fsp3) is 0.105. The standard InChI is InChI=1S/C38H34O2P2/c1-39-35-27-16-15-26-34(35)37-36(40-2)28-17-29-38(37,41(30-18-7-3-8-19-30)31-20-9-4-10-21-31)42(32-22-11-5-12-23-32)33-24-13-6-14-25-33/h3-29,37H,1-2H3/t37-/m1/s1. The second kappa shape index (κ2) is 12.9. The number of allylic oxidation sites excluding steroid dienone is 4. The highest BCUT2D eigenvalue weighted by atomic mass is 31.2. The third-order valence-electron chi connectivity index (χ3n) is 7.77. The molecule has 0 bridgehead atoms. The Balaban J connectivity index is 1.78. The summed E-state index contributed by atoms with van der Waals surface area (Å²) in [6.07, 6.45) is 6.87. The van der Waals surface area contributed by atoms with E-state index in [9.17, 15) is 0 Å². The molecule has 0 aromatic heterocycles. The van der Waals surface area contributed by atoms with Gasteiger partial charge in [-0.25, -0.2) is 0 Å². The van der Waals surface area contributed by atoms with Crippen LogP contribution in [0.1, 0.15) is 11.5 Å². The van der Waals surface area contributed by atoms with Crippen molar-refractivity contribution < 1.29 is 9.47 Å². The van der Waals surface area contributed by atoms with Gasteiger partial charge in [-0.1, -0.05) is 152 Å². The lowest BCUT2D eigenvalue weighted by Gasteiger charge is -2.52. The van der Waals surface area contributed by atoms with E-state index in [0.717, 1.165) is 17.1 Å². The highest BCUT2D eigenvalue weighted by molar-refractivity contribution is 7.91. The van der Waals surface area contributed by atoms with Gasteiger partial charge < -0.3 is 9.47 Å². The first-order chi connectivity index (χ1) is 20.8. The van der Waals surface area contributed by atoms with Crippen molar-refractivity contribution in [1.29, 1.82) is 0 Å². The maximum atomic E-state index is 6.33. The first-order valence-corrected chi connectivity index (χ1v) is 16.8. The van der Waals surface area contributed by atoms with E-state index < -0.39 is 20.7 Å². The maximum absolute atomic E-state index is 6.33. The third kappa shape index (κ3) is 5.22. The number of ether oxygens (including phenoxy) is 2. The average Bonchev–Trinajstić information content (AvgIpc) is 3.07. The minimum atomic E-state index is -0.987. The highest BCUT2D eigenvalue weighted by Gasteiger charge is 2.55. The van der Waals surface area contributed by atoms with Crippen molar-refractivity contribution in [3.05, 3.63) is 175 Å². The molecule has 0 saturated carbocycles. The molecule has 208 valence electrons. The lowest BCUT2D eigenvalue weighted by molar-refractivity contribution is 0.259. The van der Waals surface area contributed by atoms with Crippen LogP contribution < -0.4 is 26.0 Å². The van der Waals surface area contributed by atoms with E-state index in [-0.39, 0.29) is 5.92 Å². The second-order valence-electron chi connectivity index (χ2n) is 10.1. The molecule has 0 amide bonds. The Morgan fingerprint density at radius 2 is 0.905 bits per heavy atom.